The molecular formula is C19H27N7OS. The van der Waals surface area contributed by atoms with Crippen molar-refractivity contribution in [3.8, 4) is 0 Å². The molecule has 1 amide bonds. The van der Waals surface area contributed by atoms with Gasteiger partial charge >= 0.3 is 0 Å². The van der Waals surface area contributed by atoms with E-state index in [1.807, 2.05) is 12.1 Å². The Morgan fingerprint density at radius 2 is 1.93 bits per heavy atom. The Kier molecular flexibility index (Phi) is 6.31. The van der Waals surface area contributed by atoms with Gasteiger partial charge in [-0.15, -0.1) is 15.3 Å². The van der Waals surface area contributed by atoms with E-state index < -0.39 is 0 Å². The maximum atomic E-state index is 12.3. The number of hydrogen-bond donors (Lipinski definition) is 2. The summed E-state index contributed by atoms with van der Waals surface area (Å²) < 4.78 is 0. The summed E-state index contributed by atoms with van der Waals surface area (Å²) in [6.45, 7) is 1.78. The van der Waals surface area contributed by atoms with Crippen molar-refractivity contribution in [1.29, 1.82) is 0 Å². The highest BCUT2D eigenvalue weighted by atomic mass is 32.1. The van der Waals surface area contributed by atoms with Gasteiger partial charge in [-0.25, -0.2) is 0 Å². The third kappa shape index (κ3) is 5.15. The van der Waals surface area contributed by atoms with E-state index in [-0.39, 0.29) is 11.9 Å². The normalized spacial score (nSPS) is 20.7. The molecule has 0 radical (unpaired) electrons. The SMILES string of the molecule is O=C(CC1CCCCCC1)Nc1nnc(N[C@@H]2CCN(c3cccnn3)C2)s1. The number of rotatable bonds is 6. The first-order chi connectivity index (χ1) is 13.8. The minimum atomic E-state index is 0.0595. The zero-order chi connectivity index (χ0) is 19.2. The summed E-state index contributed by atoms with van der Waals surface area (Å²) in [6.07, 6.45) is 10.7. The lowest BCUT2D eigenvalue weighted by molar-refractivity contribution is -0.117. The smallest absolute Gasteiger partial charge is 0.226 e. The van der Waals surface area contributed by atoms with Gasteiger partial charge < -0.3 is 15.5 Å². The van der Waals surface area contributed by atoms with E-state index in [9.17, 15) is 4.79 Å². The molecule has 2 aromatic heterocycles. The quantitative estimate of drug-likeness (QED) is 0.717. The number of carbonyl (C=O) groups excluding carboxylic acids is 1. The van der Waals surface area contributed by atoms with E-state index in [1.54, 1.807) is 6.20 Å². The fourth-order valence-corrected chi connectivity index (χ4v) is 4.79. The van der Waals surface area contributed by atoms with Crippen LogP contribution in [0, 0.1) is 5.92 Å². The molecule has 0 unspecified atom stereocenters. The molecule has 8 nitrogen and oxygen atoms in total. The van der Waals surface area contributed by atoms with Gasteiger partial charge in [0.1, 0.15) is 0 Å². The van der Waals surface area contributed by atoms with Gasteiger partial charge in [0.05, 0.1) is 0 Å². The standard InChI is InChI=1S/C19H27N7OS/c27-17(12-14-6-3-1-2-4-7-14)22-19-25-24-18(28-19)21-15-9-11-26(13-15)16-8-5-10-20-23-16/h5,8,10,14-15H,1-4,6-7,9,11-13H2,(H,21,24)(H,22,25,27)/t15-/m1/s1. The third-order valence-electron chi connectivity index (χ3n) is 5.52. The van der Waals surface area contributed by atoms with Gasteiger partial charge in [0.15, 0.2) is 5.82 Å². The van der Waals surface area contributed by atoms with Gasteiger partial charge in [-0.3, -0.25) is 4.79 Å². The second kappa shape index (κ2) is 9.27. The Morgan fingerprint density at radius 3 is 2.71 bits per heavy atom. The Labute approximate surface area is 169 Å². The molecule has 1 aliphatic carbocycles. The van der Waals surface area contributed by atoms with Crippen LogP contribution < -0.4 is 15.5 Å². The minimum absolute atomic E-state index is 0.0595. The summed E-state index contributed by atoms with van der Waals surface area (Å²) >= 11 is 1.40. The molecule has 1 atom stereocenters. The zero-order valence-corrected chi connectivity index (χ0v) is 16.8. The maximum Gasteiger partial charge on any atom is 0.226 e. The van der Waals surface area contributed by atoms with E-state index >= 15 is 0 Å². The number of nitrogens with one attached hydrogen (secondary N) is 2. The van der Waals surface area contributed by atoms with Crippen LogP contribution in [-0.4, -0.2) is 45.4 Å². The number of nitrogens with zero attached hydrogens (tertiary/aromatic N) is 5. The van der Waals surface area contributed by atoms with Crippen LogP contribution in [0.3, 0.4) is 0 Å². The number of carbonyl (C=O) groups is 1. The van der Waals surface area contributed by atoms with Crippen molar-refractivity contribution in [2.24, 2.45) is 5.92 Å². The molecule has 3 heterocycles. The lowest BCUT2D eigenvalue weighted by Crippen LogP contribution is -2.26. The largest absolute Gasteiger partial charge is 0.355 e. The van der Waals surface area contributed by atoms with Gasteiger partial charge in [-0.1, -0.05) is 37.0 Å². The van der Waals surface area contributed by atoms with E-state index in [2.05, 4.69) is 35.9 Å². The van der Waals surface area contributed by atoms with Crippen LogP contribution in [0.5, 0.6) is 0 Å². The van der Waals surface area contributed by atoms with Gasteiger partial charge in [0.2, 0.25) is 16.2 Å². The number of anilines is 3. The average molecular weight is 402 g/mol. The fraction of sp³-hybridized carbons (Fsp3) is 0.632. The van der Waals surface area contributed by atoms with Crippen LogP contribution >= 0.6 is 11.3 Å². The van der Waals surface area contributed by atoms with Crippen molar-refractivity contribution < 1.29 is 4.79 Å². The molecule has 4 rings (SSSR count). The van der Waals surface area contributed by atoms with E-state index in [4.69, 9.17) is 0 Å². The Hall–Kier alpha value is -2.29. The summed E-state index contributed by atoms with van der Waals surface area (Å²) in [4.78, 5) is 14.5. The summed E-state index contributed by atoms with van der Waals surface area (Å²) in [5.41, 5.74) is 0. The molecule has 0 spiro atoms. The predicted octanol–water partition coefficient (Wildman–Crippen LogP) is 3.32. The van der Waals surface area contributed by atoms with Crippen molar-refractivity contribution in [2.75, 3.05) is 28.6 Å². The van der Waals surface area contributed by atoms with Crippen molar-refractivity contribution in [1.82, 2.24) is 20.4 Å². The molecule has 150 valence electrons. The minimum Gasteiger partial charge on any atom is -0.355 e. The Morgan fingerprint density at radius 1 is 1.11 bits per heavy atom. The Bertz CT molecular complexity index is 761. The zero-order valence-electron chi connectivity index (χ0n) is 16.0. The highest BCUT2D eigenvalue weighted by molar-refractivity contribution is 7.19. The molecule has 9 heteroatoms. The van der Waals surface area contributed by atoms with E-state index in [0.29, 0.717) is 17.5 Å². The topological polar surface area (TPSA) is 95.9 Å². The van der Waals surface area contributed by atoms with Gasteiger partial charge in [0.25, 0.3) is 0 Å². The highest BCUT2D eigenvalue weighted by Crippen LogP contribution is 2.27. The molecule has 0 bridgehead atoms. The Balaban J connectivity index is 1.25. The first kappa shape index (κ1) is 19.0. The van der Waals surface area contributed by atoms with Gasteiger partial charge in [-0.2, -0.15) is 5.10 Å². The predicted molar refractivity (Wildman–Crippen MR) is 111 cm³/mol. The summed E-state index contributed by atoms with van der Waals surface area (Å²) in [5.74, 6) is 1.47. The molecule has 1 saturated carbocycles. The average Bonchev–Trinajstić information content (AvgIpc) is 3.27. The van der Waals surface area contributed by atoms with Gasteiger partial charge in [-0.05, 0) is 37.3 Å². The molecule has 0 aromatic carbocycles. The number of hydrogen-bond acceptors (Lipinski definition) is 8. The summed E-state index contributed by atoms with van der Waals surface area (Å²) in [5, 5.41) is 24.1. The molecule has 2 aliphatic rings. The fourth-order valence-electron chi connectivity index (χ4n) is 4.06. The summed E-state index contributed by atoms with van der Waals surface area (Å²) in [7, 11) is 0. The summed E-state index contributed by atoms with van der Waals surface area (Å²) in [6, 6.07) is 4.16. The van der Waals surface area contributed by atoms with Crippen LogP contribution in [0.1, 0.15) is 51.4 Å². The van der Waals surface area contributed by atoms with E-state index in [1.165, 1.54) is 49.9 Å². The van der Waals surface area contributed by atoms with E-state index in [0.717, 1.165) is 30.5 Å². The molecular weight excluding hydrogens is 374 g/mol. The molecule has 1 aliphatic heterocycles. The molecule has 1 saturated heterocycles. The molecule has 28 heavy (non-hydrogen) atoms. The van der Waals surface area contributed by atoms with Crippen LogP contribution in [0.2, 0.25) is 0 Å². The molecule has 2 N–H and O–H groups in total. The second-order valence-electron chi connectivity index (χ2n) is 7.68. The van der Waals surface area contributed by atoms with Crippen LogP contribution in [0.4, 0.5) is 16.1 Å². The van der Waals surface area contributed by atoms with Crippen molar-refractivity contribution >= 4 is 33.3 Å². The van der Waals surface area contributed by atoms with Crippen molar-refractivity contribution in [3.63, 3.8) is 0 Å². The molecule has 2 aromatic rings. The first-order valence-electron chi connectivity index (χ1n) is 10.2. The molecule has 2 fully saturated rings. The lowest BCUT2D eigenvalue weighted by Gasteiger charge is -2.16. The number of aromatic nitrogens is 4. The monoisotopic (exact) mass is 401 g/mol. The van der Waals surface area contributed by atoms with Crippen LogP contribution in [-0.2, 0) is 4.79 Å². The highest BCUT2D eigenvalue weighted by Gasteiger charge is 2.24. The first-order valence-corrected chi connectivity index (χ1v) is 11.0. The van der Waals surface area contributed by atoms with Crippen LogP contribution in [0.15, 0.2) is 18.3 Å². The third-order valence-corrected chi connectivity index (χ3v) is 6.29. The van der Waals surface area contributed by atoms with Crippen molar-refractivity contribution in [2.45, 2.75) is 57.4 Å². The van der Waals surface area contributed by atoms with Gasteiger partial charge in [0, 0.05) is 31.7 Å². The lowest BCUT2D eigenvalue weighted by atomic mass is 9.96. The van der Waals surface area contributed by atoms with Crippen molar-refractivity contribution in [3.05, 3.63) is 18.3 Å². The number of amides is 1. The maximum absolute atomic E-state index is 12.3. The van der Waals surface area contributed by atoms with Crippen LogP contribution in [0.25, 0.3) is 0 Å². The second-order valence-corrected chi connectivity index (χ2v) is 8.66.